The standard InChI is InChI=1S/C22H21N3O2/c1-25(2)15-24-20-10-18-12-22(27-14-16-7-5-4-6-8-16)21(26-3)11-17(18)9-19(20)13-23/h4-12,15H,14H2,1-3H3. The van der Waals surface area contributed by atoms with E-state index in [0.717, 1.165) is 16.3 Å². The summed E-state index contributed by atoms with van der Waals surface area (Å²) in [5.74, 6) is 1.29. The number of hydrogen-bond acceptors (Lipinski definition) is 4. The quantitative estimate of drug-likeness (QED) is 0.480. The molecule has 0 aromatic heterocycles. The maximum atomic E-state index is 9.44. The number of benzene rings is 3. The average molecular weight is 359 g/mol. The van der Waals surface area contributed by atoms with Crippen molar-refractivity contribution in [2.24, 2.45) is 4.99 Å². The van der Waals surface area contributed by atoms with Gasteiger partial charge >= 0.3 is 0 Å². The number of fused-ring (bicyclic) bond motifs is 1. The first-order valence-electron chi connectivity index (χ1n) is 8.54. The molecule has 136 valence electrons. The van der Waals surface area contributed by atoms with Crippen molar-refractivity contribution in [2.45, 2.75) is 6.61 Å². The molecule has 0 unspecified atom stereocenters. The fraction of sp³-hybridized carbons (Fsp3) is 0.182. The summed E-state index contributed by atoms with van der Waals surface area (Å²) in [4.78, 5) is 6.23. The summed E-state index contributed by atoms with van der Waals surface area (Å²) >= 11 is 0. The lowest BCUT2D eigenvalue weighted by atomic mass is 10.0. The molecule has 0 spiro atoms. The van der Waals surface area contributed by atoms with Crippen LogP contribution in [0.1, 0.15) is 11.1 Å². The van der Waals surface area contributed by atoms with E-state index in [0.29, 0.717) is 29.4 Å². The summed E-state index contributed by atoms with van der Waals surface area (Å²) < 4.78 is 11.5. The molecular formula is C22H21N3O2. The number of nitrogens with zero attached hydrogens (tertiary/aromatic N) is 3. The number of hydrogen-bond donors (Lipinski definition) is 0. The second-order valence-electron chi connectivity index (χ2n) is 6.31. The molecule has 3 rings (SSSR count). The highest BCUT2D eigenvalue weighted by molar-refractivity contribution is 5.91. The molecule has 0 radical (unpaired) electrons. The normalized spacial score (nSPS) is 10.7. The van der Waals surface area contributed by atoms with Gasteiger partial charge in [0.2, 0.25) is 0 Å². The first kappa shape index (κ1) is 18.3. The Morgan fingerprint density at radius 3 is 2.41 bits per heavy atom. The summed E-state index contributed by atoms with van der Waals surface area (Å²) in [7, 11) is 5.38. The van der Waals surface area contributed by atoms with Gasteiger partial charge in [-0.2, -0.15) is 5.26 Å². The van der Waals surface area contributed by atoms with E-state index in [2.05, 4.69) is 11.1 Å². The summed E-state index contributed by atoms with van der Waals surface area (Å²) in [5, 5.41) is 11.3. The Kier molecular flexibility index (Phi) is 5.58. The third-order valence-electron chi connectivity index (χ3n) is 4.02. The van der Waals surface area contributed by atoms with Crippen molar-refractivity contribution in [1.29, 1.82) is 5.26 Å². The van der Waals surface area contributed by atoms with Crippen molar-refractivity contribution >= 4 is 22.8 Å². The van der Waals surface area contributed by atoms with Gasteiger partial charge < -0.3 is 14.4 Å². The average Bonchev–Trinajstić information content (AvgIpc) is 2.69. The summed E-state index contributed by atoms with van der Waals surface area (Å²) in [6.45, 7) is 0.449. The van der Waals surface area contributed by atoms with E-state index in [1.807, 2.05) is 73.6 Å². The van der Waals surface area contributed by atoms with Gasteiger partial charge in [0.15, 0.2) is 11.5 Å². The van der Waals surface area contributed by atoms with Gasteiger partial charge in [0.05, 0.1) is 24.7 Å². The fourth-order valence-electron chi connectivity index (χ4n) is 2.68. The van der Waals surface area contributed by atoms with Crippen LogP contribution in [0, 0.1) is 11.3 Å². The van der Waals surface area contributed by atoms with Gasteiger partial charge in [0.25, 0.3) is 0 Å². The van der Waals surface area contributed by atoms with E-state index in [1.165, 1.54) is 0 Å². The third-order valence-corrected chi connectivity index (χ3v) is 4.02. The lowest BCUT2D eigenvalue weighted by Gasteiger charge is -2.13. The van der Waals surface area contributed by atoms with Crippen LogP contribution in [-0.4, -0.2) is 32.4 Å². The van der Waals surface area contributed by atoms with Gasteiger partial charge in [-0.3, -0.25) is 0 Å². The highest BCUT2D eigenvalue weighted by Gasteiger charge is 2.11. The molecule has 0 saturated heterocycles. The molecule has 0 aliphatic heterocycles. The predicted octanol–water partition coefficient (Wildman–Crippen LogP) is 4.52. The molecule has 0 aliphatic carbocycles. The maximum absolute atomic E-state index is 9.44. The van der Waals surface area contributed by atoms with E-state index < -0.39 is 0 Å². The Morgan fingerprint density at radius 2 is 1.74 bits per heavy atom. The molecular weight excluding hydrogens is 338 g/mol. The van der Waals surface area contributed by atoms with Crippen molar-refractivity contribution in [3.8, 4) is 17.6 Å². The topological polar surface area (TPSA) is 57.8 Å². The van der Waals surface area contributed by atoms with E-state index in [9.17, 15) is 5.26 Å². The lowest BCUT2D eigenvalue weighted by Crippen LogP contribution is -2.07. The van der Waals surface area contributed by atoms with Gasteiger partial charge in [0, 0.05) is 14.1 Å². The first-order chi connectivity index (χ1) is 13.1. The smallest absolute Gasteiger partial charge is 0.162 e. The van der Waals surface area contributed by atoms with Crippen molar-refractivity contribution in [2.75, 3.05) is 21.2 Å². The zero-order valence-electron chi connectivity index (χ0n) is 15.6. The van der Waals surface area contributed by atoms with Crippen LogP contribution in [0.5, 0.6) is 11.5 Å². The third kappa shape index (κ3) is 4.36. The molecule has 27 heavy (non-hydrogen) atoms. The minimum atomic E-state index is 0.449. The molecule has 0 saturated carbocycles. The zero-order chi connectivity index (χ0) is 19.2. The second-order valence-corrected chi connectivity index (χ2v) is 6.31. The van der Waals surface area contributed by atoms with Crippen LogP contribution < -0.4 is 9.47 Å². The van der Waals surface area contributed by atoms with Gasteiger partial charge in [-0.25, -0.2) is 4.99 Å². The van der Waals surface area contributed by atoms with Crippen LogP contribution in [0.4, 0.5) is 5.69 Å². The SMILES string of the molecule is COc1cc2cc(C#N)c(N=CN(C)C)cc2cc1OCc1ccccc1. The van der Waals surface area contributed by atoms with Crippen LogP contribution in [0.3, 0.4) is 0 Å². The largest absolute Gasteiger partial charge is 0.493 e. The number of methoxy groups -OCH3 is 1. The van der Waals surface area contributed by atoms with E-state index in [-0.39, 0.29) is 0 Å². The number of ether oxygens (including phenoxy) is 2. The Labute approximate surface area is 159 Å². The lowest BCUT2D eigenvalue weighted by molar-refractivity contribution is 0.285. The van der Waals surface area contributed by atoms with Gasteiger partial charge in [-0.1, -0.05) is 30.3 Å². The molecule has 3 aromatic rings. The molecule has 5 heteroatoms. The van der Waals surface area contributed by atoms with E-state index in [1.54, 1.807) is 13.4 Å². The highest BCUT2D eigenvalue weighted by atomic mass is 16.5. The van der Waals surface area contributed by atoms with Crippen molar-refractivity contribution in [3.63, 3.8) is 0 Å². The van der Waals surface area contributed by atoms with E-state index in [4.69, 9.17) is 9.47 Å². The zero-order valence-corrected chi connectivity index (χ0v) is 15.6. The Morgan fingerprint density at radius 1 is 1.04 bits per heavy atom. The molecule has 0 bridgehead atoms. The molecule has 0 aliphatic rings. The van der Waals surface area contributed by atoms with Crippen molar-refractivity contribution in [1.82, 2.24) is 4.90 Å². The Balaban J connectivity index is 2.00. The van der Waals surface area contributed by atoms with Crippen LogP contribution in [0.2, 0.25) is 0 Å². The second kappa shape index (κ2) is 8.24. The number of rotatable bonds is 6. The predicted molar refractivity (Wildman–Crippen MR) is 108 cm³/mol. The molecule has 0 N–H and O–H groups in total. The highest BCUT2D eigenvalue weighted by Crippen LogP contribution is 2.35. The molecule has 0 heterocycles. The monoisotopic (exact) mass is 359 g/mol. The minimum absolute atomic E-state index is 0.449. The summed E-state index contributed by atoms with van der Waals surface area (Å²) in [6.07, 6.45) is 1.68. The molecule has 0 fully saturated rings. The summed E-state index contributed by atoms with van der Waals surface area (Å²) in [5.41, 5.74) is 2.22. The minimum Gasteiger partial charge on any atom is -0.493 e. The molecule has 0 amide bonds. The van der Waals surface area contributed by atoms with Crippen molar-refractivity contribution in [3.05, 3.63) is 65.7 Å². The van der Waals surface area contributed by atoms with E-state index >= 15 is 0 Å². The van der Waals surface area contributed by atoms with Crippen LogP contribution in [-0.2, 0) is 6.61 Å². The Bertz CT molecular complexity index is 1010. The molecule has 5 nitrogen and oxygen atoms in total. The van der Waals surface area contributed by atoms with Crippen molar-refractivity contribution < 1.29 is 9.47 Å². The van der Waals surface area contributed by atoms with Crippen LogP contribution in [0.25, 0.3) is 10.8 Å². The van der Waals surface area contributed by atoms with Gasteiger partial charge in [-0.15, -0.1) is 0 Å². The van der Waals surface area contributed by atoms with Crippen LogP contribution in [0.15, 0.2) is 59.6 Å². The summed E-state index contributed by atoms with van der Waals surface area (Å²) in [6, 6.07) is 19.7. The number of nitriles is 1. The Hall–Kier alpha value is -3.52. The number of aliphatic imine (C=N–C) groups is 1. The molecule has 0 atom stereocenters. The fourth-order valence-corrected chi connectivity index (χ4v) is 2.68. The van der Waals surface area contributed by atoms with Crippen LogP contribution >= 0.6 is 0 Å². The molecule has 3 aromatic carbocycles. The first-order valence-corrected chi connectivity index (χ1v) is 8.54. The maximum Gasteiger partial charge on any atom is 0.162 e. The van der Waals surface area contributed by atoms with Gasteiger partial charge in [-0.05, 0) is 40.6 Å². The van der Waals surface area contributed by atoms with Gasteiger partial charge in [0.1, 0.15) is 12.7 Å².